The van der Waals surface area contributed by atoms with E-state index in [1.54, 1.807) is 12.1 Å². The highest BCUT2D eigenvalue weighted by Gasteiger charge is 2.13. The largest absolute Gasteiger partial charge is 0.490 e. The van der Waals surface area contributed by atoms with E-state index in [0.29, 0.717) is 17.7 Å². The van der Waals surface area contributed by atoms with Gasteiger partial charge in [0.15, 0.2) is 5.84 Å². The standard InChI is InChI=1S/C15H23N3O5/c1-3-10-5-11(15(16)18-22)4-9(2)14(10)23-8-12(20)6-17-13(21)7-19/h4-5,12,19-20,22H,3,6-8H2,1-2H3,(H2,16,18)(H,17,21). The van der Waals surface area contributed by atoms with E-state index >= 15 is 0 Å². The van der Waals surface area contributed by atoms with Crippen molar-refractivity contribution in [2.75, 3.05) is 19.8 Å². The Bertz CT molecular complexity index is 574. The van der Waals surface area contributed by atoms with Gasteiger partial charge in [-0.3, -0.25) is 4.79 Å². The number of nitrogens with two attached hydrogens (primary N) is 1. The van der Waals surface area contributed by atoms with Crippen LogP contribution in [0, 0.1) is 6.92 Å². The molecule has 0 heterocycles. The van der Waals surface area contributed by atoms with Crippen LogP contribution in [0.3, 0.4) is 0 Å². The minimum Gasteiger partial charge on any atom is -0.490 e. The molecule has 0 aromatic heterocycles. The summed E-state index contributed by atoms with van der Waals surface area (Å²) in [7, 11) is 0. The first-order chi connectivity index (χ1) is 10.9. The summed E-state index contributed by atoms with van der Waals surface area (Å²) in [5.41, 5.74) is 7.84. The topological polar surface area (TPSA) is 137 Å². The number of oxime groups is 1. The van der Waals surface area contributed by atoms with Crippen LogP contribution >= 0.6 is 0 Å². The number of nitrogens with one attached hydrogen (secondary N) is 1. The molecule has 1 rings (SSSR count). The van der Waals surface area contributed by atoms with E-state index < -0.39 is 18.6 Å². The monoisotopic (exact) mass is 325 g/mol. The number of aryl methyl sites for hydroxylation is 2. The van der Waals surface area contributed by atoms with Gasteiger partial charge in [0.2, 0.25) is 5.91 Å². The van der Waals surface area contributed by atoms with Crippen molar-refractivity contribution in [3.8, 4) is 5.75 Å². The number of aliphatic hydroxyl groups excluding tert-OH is 2. The van der Waals surface area contributed by atoms with Crippen LogP contribution in [0.25, 0.3) is 0 Å². The minimum atomic E-state index is -0.904. The molecule has 1 amide bonds. The fourth-order valence-electron chi connectivity index (χ4n) is 2.05. The average Bonchev–Trinajstić information content (AvgIpc) is 2.56. The molecule has 0 aliphatic carbocycles. The fourth-order valence-corrected chi connectivity index (χ4v) is 2.05. The number of nitrogens with zero attached hydrogens (tertiary/aromatic N) is 1. The second kappa shape index (κ2) is 8.96. The Hall–Kier alpha value is -2.32. The van der Waals surface area contributed by atoms with Gasteiger partial charge >= 0.3 is 0 Å². The van der Waals surface area contributed by atoms with E-state index in [4.69, 9.17) is 20.8 Å². The lowest BCUT2D eigenvalue weighted by Gasteiger charge is -2.18. The molecular weight excluding hydrogens is 302 g/mol. The molecule has 0 aliphatic heterocycles. The van der Waals surface area contributed by atoms with Crippen molar-refractivity contribution in [1.29, 1.82) is 0 Å². The second-order valence-corrected chi connectivity index (χ2v) is 5.05. The highest BCUT2D eigenvalue weighted by Crippen LogP contribution is 2.26. The predicted octanol–water partition coefficient (Wildman–Crippen LogP) is -0.500. The van der Waals surface area contributed by atoms with E-state index in [2.05, 4.69) is 10.5 Å². The Morgan fingerprint density at radius 1 is 1.48 bits per heavy atom. The van der Waals surface area contributed by atoms with Crippen molar-refractivity contribution in [2.24, 2.45) is 10.9 Å². The normalized spacial score (nSPS) is 12.8. The molecular formula is C15H23N3O5. The summed E-state index contributed by atoms with van der Waals surface area (Å²) < 4.78 is 5.65. The Kier molecular flexibility index (Phi) is 7.30. The van der Waals surface area contributed by atoms with Crippen molar-refractivity contribution in [2.45, 2.75) is 26.4 Å². The summed E-state index contributed by atoms with van der Waals surface area (Å²) in [6.07, 6.45) is -0.238. The van der Waals surface area contributed by atoms with Gasteiger partial charge in [-0.25, -0.2) is 0 Å². The maximum Gasteiger partial charge on any atom is 0.245 e. The number of benzene rings is 1. The zero-order chi connectivity index (χ0) is 17.4. The molecule has 0 radical (unpaired) electrons. The highest BCUT2D eigenvalue weighted by atomic mass is 16.5. The lowest BCUT2D eigenvalue weighted by molar-refractivity contribution is -0.124. The number of carbonyl (C=O) groups excluding carboxylic acids is 1. The molecule has 0 bridgehead atoms. The van der Waals surface area contributed by atoms with Gasteiger partial charge in [-0.1, -0.05) is 12.1 Å². The van der Waals surface area contributed by atoms with Gasteiger partial charge in [-0.2, -0.15) is 0 Å². The zero-order valence-electron chi connectivity index (χ0n) is 13.2. The maximum atomic E-state index is 10.9. The molecule has 0 spiro atoms. The molecule has 0 saturated carbocycles. The molecule has 8 nitrogen and oxygen atoms in total. The van der Waals surface area contributed by atoms with Crippen LogP contribution in [0.2, 0.25) is 0 Å². The highest BCUT2D eigenvalue weighted by molar-refractivity contribution is 5.97. The summed E-state index contributed by atoms with van der Waals surface area (Å²) in [5.74, 6) is 0.0771. The molecule has 0 saturated heterocycles. The third kappa shape index (κ3) is 5.42. The lowest BCUT2D eigenvalue weighted by Crippen LogP contribution is -2.36. The first-order valence-electron chi connectivity index (χ1n) is 7.22. The summed E-state index contributed by atoms with van der Waals surface area (Å²) >= 11 is 0. The predicted molar refractivity (Wildman–Crippen MR) is 84.7 cm³/mol. The molecule has 1 aromatic rings. The number of ether oxygens (including phenoxy) is 1. The number of carbonyl (C=O) groups is 1. The van der Waals surface area contributed by atoms with Gasteiger partial charge in [0.05, 0.1) is 0 Å². The van der Waals surface area contributed by atoms with Crippen LogP contribution in [0.5, 0.6) is 5.75 Å². The van der Waals surface area contributed by atoms with Gasteiger partial charge in [0, 0.05) is 12.1 Å². The smallest absolute Gasteiger partial charge is 0.245 e. The minimum absolute atomic E-state index is 0.0114. The van der Waals surface area contributed by atoms with E-state index in [9.17, 15) is 9.90 Å². The zero-order valence-corrected chi connectivity index (χ0v) is 13.2. The van der Waals surface area contributed by atoms with Crippen molar-refractivity contribution in [3.05, 3.63) is 28.8 Å². The van der Waals surface area contributed by atoms with Crippen molar-refractivity contribution < 1.29 is 25.0 Å². The second-order valence-electron chi connectivity index (χ2n) is 5.05. The van der Waals surface area contributed by atoms with Crippen LogP contribution in [-0.2, 0) is 11.2 Å². The summed E-state index contributed by atoms with van der Waals surface area (Å²) in [5, 5.41) is 32.5. The van der Waals surface area contributed by atoms with E-state index in [1.165, 1.54) is 0 Å². The molecule has 128 valence electrons. The Labute approximate surface area is 134 Å². The third-order valence-electron chi connectivity index (χ3n) is 3.23. The SMILES string of the molecule is CCc1cc(/C(N)=N/O)cc(C)c1OCC(O)CNC(=O)CO. The lowest BCUT2D eigenvalue weighted by atomic mass is 10.0. The summed E-state index contributed by atoms with van der Waals surface area (Å²) in [4.78, 5) is 10.9. The van der Waals surface area contributed by atoms with Gasteiger partial charge in [-0.15, -0.1) is 0 Å². The molecule has 6 N–H and O–H groups in total. The van der Waals surface area contributed by atoms with Gasteiger partial charge in [0.25, 0.3) is 0 Å². The summed E-state index contributed by atoms with van der Waals surface area (Å²) in [6, 6.07) is 3.49. The molecule has 8 heteroatoms. The Morgan fingerprint density at radius 3 is 2.74 bits per heavy atom. The van der Waals surface area contributed by atoms with Crippen molar-refractivity contribution in [3.63, 3.8) is 0 Å². The fraction of sp³-hybridized carbons (Fsp3) is 0.467. The van der Waals surface area contributed by atoms with Crippen LogP contribution < -0.4 is 15.8 Å². The number of hydrogen-bond acceptors (Lipinski definition) is 6. The number of amides is 1. The first-order valence-corrected chi connectivity index (χ1v) is 7.22. The van der Waals surface area contributed by atoms with Gasteiger partial charge in [0.1, 0.15) is 25.1 Å². The quantitative estimate of drug-likeness (QED) is 0.189. The Balaban J connectivity index is 2.78. The molecule has 1 atom stereocenters. The number of aliphatic hydroxyl groups is 2. The van der Waals surface area contributed by atoms with Crippen LogP contribution in [-0.4, -0.2) is 53.0 Å². The van der Waals surface area contributed by atoms with Crippen LogP contribution in [0.4, 0.5) is 0 Å². The molecule has 1 unspecified atom stereocenters. The van der Waals surface area contributed by atoms with Crippen LogP contribution in [0.15, 0.2) is 17.3 Å². The molecule has 23 heavy (non-hydrogen) atoms. The third-order valence-corrected chi connectivity index (χ3v) is 3.23. The van der Waals surface area contributed by atoms with E-state index in [0.717, 1.165) is 11.1 Å². The number of hydrogen-bond donors (Lipinski definition) is 5. The molecule has 0 aliphatic rings. The number of rotatable bonds is 8. The maximum absolute atomic E-state index is 10.9. The van der Waals surface area contributed by atoms with Crippen molar-refractivity contribution >= 4 is 11.7 Å². The molecule has 1 aromatic carbocycles. The number of amidine groups is 1. The van der Waals surface area contributed by atoms with Crippen molar-refractivity contribution in [1.82, 2.24) is 5.32 Å². The molecule has 0 fully saturated rings. The van der Waals surface area contributed by atoms with E-state index in [-0.39, 0.29) is 19.0 Å². The van der Waals surface area contributed by atoms with Gasteiger partial charge in [-0.05, 0) is 36.6 Å². The average molecular weight is 325 g/mol. The first kappa shape index (κ1) is 18.7. The summed E-state index contributed by atoms with van der Waals surface area (Å²) in [6.45, 7) is 3.12. The van der Waals surface area contributed by atoms with E-state index in [1.807, 2.05) is 13.8 Å². The van der Waals surface area contributed by atoms with Gasteiger partial charge < -0.3 is 31.2 Å². The van der Waals surface area contributed by atoms with Crippen LogP contribution in [0.1, 0.15) is 23.6 Å². The Morgan fingerprint density at radius 2 is 2.17 bits per heavy atom.